The van der Waals surface area contributed by atoms with E-state index in [4.69, 9.17) is 4.98 Å². The summed E-state index contributed by atoms with van der Waals surface area (Å²) in [6.45, 7) is 0. The van der Waals surface area contributed by atoms with Gasteiger partial charge in [0.2, 0.25) is 0 Å². The zero-order chi connectivity index (χ0) is 31.8. The van der Waals surface area contributed by atoms with Gasteiger partial charge < -0.3 is 9.30 Å². The number of rotatable bonds is 3. The first-order valence-corrected chi connectivity index (χ1v) is 16.8. The van der Waals surface area contributed by atoms with Gasteiger partial charge in [-0.2, -0.15) is 0 Å². The summed E-state index contributed by atoms with van der Waals surface area (Å²) in [7, 11) is 0. The molecule has 0 fully saturated rings. The van der Waals surface area contributed by atoms with E-state index in [2.05, 4.69) is 172 Å². The van der Waals surface area contributed by atoms with Crippen molar-refractivity contribution in [2.24, 2.45) is 0 Å². The molecule has 0 aliphatic carbocycles. The predicted octanol–water partition coefficient (Wildman–Crippen LogP) is 12.0. The molecule has 0 bridgehead atoms. The number of pyridine rings is 1. The van der Waals surface area contributed by atoms with Crippen LogP contribution >= 0.6 is 0 Å². The van der Waals surface area contributed by atoms with Gasteiger partial charge >= 0.3 is 0 Å². The van der Waals surface area contributed by atoms with Crippen LogP contribution in [0.3, 0.4) is 0 Å². The van der Waals surface area contributed by atoms with Gasteiger partial charge in [-0.05, 0) is 47.2 Å². The molecule has 0 unspecified atom stereocenters. The van der Waals surface area contributed by atoms with Gasteiger partial charge in [0.05, 0.1) is 39.5 Å². The normalized spacial score (nSPS) is 12.5. The summed E-state index contributed by atoms with van der Waals surface area (Å²) >= 11 is 0. The number of para-hydroxylation sites is 5. The molecule has 5 heterocycles. The van der Waals surface area contributed by atoms with Crippen molar-refractivity contribution in [1.82, 2.24) is 13.8 Å². The van der Waals surface area contributed by atoms with Gasteiger partial charge in [0.25, 0.3) is 0 Å². The minimum atomic E-state index is 0.990. The molecule has 5 aromatic heterocycles. The molecule has 4 heteroatoms. The van der Waals surface area contributed by atoms with Crippen molar-refractivity contribution in [3.05, 3.63) is 158 Å². The zero-order valence-electron chi connectivity index (χ0n) is 26.3. The minimum Gasteiger partial charge on any atom is -0.308 e. The molecule has 226 valence electrons. The Hall–Kier alpha value is -6.65. The lowest BCUT2D eigenvalue weighted by atomic mass is 9.99. The molecule has 0 N–H and O–H groups in total. The second-order valence-electron chi connectivity index (χ2n) is 13.2. The molecule has 0 saturated carbocycles. The molecular weight excluding hydrogens is 597 g/mol. The van der Waals surface area contributed by atoms with E-state index in [0.717, 1.165) is 28.2 Å². The standard InChI is InChI=1S/C45H26N4/c1-3-14-28(15-4-1)47(29-16-5-2-6-17-29)37-25-27-13-7-8-18-30(27)39-33-21-12-23-35-41-40-34-22-11-20-32-31-19-9-10-24-36(31)48(42(32)34)38(40)26-46-45(41)49(43(33)35)44(37)39/h1-26H. The smallest absolute Gasteiger partial charge is 0.146 e. The Morgan fingerprint density at radius 3 is 1.73 bits per heavy atom. The van der Waals surface area contributed by atoms with E-state index in [0.29, 0.717) is 0 Å². The number of nitrogens with zero attached hydrogens (tertiary/aromatic N) is 4. The number of benzene rings is 7. The number of hydrogen-bond acceptors (Lipinski definition) is 2. The lowest BCUT2D eigenvalue weighted by Crippen LogP contribution is -2.11. The number of fused-ring (bicyclic) bond motifs is 15. The molecule has 49 heavy (non-hydrogen) atoms. The molecule has 0 amide bonds. The fraction of sp³-hybridized carbons (Fsp3) is 0. The van der Waals surface area contributed by atoms with Gasteiger partial charge in [0, 0.05) is 54.5 Å². The first-order chi connectivity index (χ1) is 24.4. The van der Waals surface area contributed by atoms with E-state index >= 15 is 0 Å². The SMILES string of the molecule is c1ccc(N(c2ccccc2)c2cc3ccccc3c3c4cccc5c6c7c8cccc9c%10ccccc%10n(c7cnc6n(c23)c54)c98)cc1. The van der Waals surface area contributed by atoms with Gasteiger partial charge in [-0.1, -0.05) is 115 Å². The Balaban J connectivity index is 1.33. The molecule has 0 aliphatic heterocycles. The van der Waals surface area contributed by atoms with Crippen molar-refractivity contribution >= 4 is 104 Å². The van der Waals surface area contributed by atoms with Crippen molar-refractivity contribution in [1.29, 1.82) is 0 Å². The summed E-state index contributed by atoms with van der Waals surface area (Å²) in [4.78, 5) is 7.80. The van der Waals surface area contributed by atoms with Gasteiger partial charge in [0.15, 0.2) is 0 Å². The monoisotopic (exact) mass is 622 g/mol. The van der Waals surface area contributed by atoms with Crippen LogP contribution in [0.1, 0.15) is 0 Å². The Kier molecular flexibility index (Phi) is 4.69. The van der Waals surface area contributed by atoms with Gasteiger partial charge in [-0.3, -0.25) is 4.40 Å². The molecule has 7 aromatic carbocycles. The van der Waals surface area contributed by atoms with Crippen LogP contribution in [0.4, 0.5) is 17.1 Å². The minimum absolute atomic E-state index is 0.990. The summed E-state index contributed by atoms with van der Waals surface area (Å²) < 4.78 is 4.89. The molecule has 4 nitrogen and oxygen atoms in total. The lowest BCUT2D eigenvalue weighted by Gasteiger charge is -2.27. The van der Waals surface area contributed by atoms with Crippen LogP contribution in [0.15, 0.2) is 158 Å². The Labute approximate surface area is 279 Å². The molecule has 0 aliphatic rings. The highest BCUT2D eigenvalue weighted by Crippen LogP contribution is 2.50. The van der Waals surface area contributed by atoms with E-state index in [-0.39, 0.29) is 0 Å². The number of aromatic nitrogens is 3. The average molecular weight is 623 g/mol. The molecule has 0 saturated heterocycles. The van der Waals surface area contributed by atoms with Crippen LogP contribution in [0.25, 0.3) is 87.1 Å². The fourth-order valence-corrected chi connectivity index (χ4v) is 8.91. The number of anilines is 3. The van der Waals surface area contributed by atoms with E-state index in [1.54, 1.807) is 0 Å². The van der Waals surface area contributed by atoms with Crippen LogP contribution in [-0.2, 0) is 0 Å². The molecule has 12 rings (SSSR count). The van der Waals surface area contributed by atoms with E-state index in [1.165, 1.54) is 75.9 Å². The van der Waals surface area contributed by atoms with E-state index < -0.39 is 0 Å². The maximum absolute atomic E-state index is 5.40. The van der Waals surface area contributed by atoms with Crippen molar-refractivity contribution in [2.45, 2.75) is 0 Å². The van der Waals surface area contributed by atoms with Crippen LogP contribution < -0.4 is 4.90 Å². The quantitative estimate of drug-likeness (QED) is 0.196. The Morgan fingerprint density at radius 1 is 0.408 bits per heavy atom. The molecular formula is C45H26N4. The zero-order valence-corrected chi connectivity index (χ0v) is 26.3. The Morgan fingerprint density at radius 2 is 0.980 bits per heavy atom. The van der Waals surface area contributed by atoms with E-state index in [9.17, 15) is 0 Å². The van der Waals surface area contributed by atoms with Crippen LogP contribution in [-0.4, -0.2) is 13.8 Å². The summed E-state index contributed by atoms with van der Waals surface area (Å²) in [6.07, 6.45) is 2.11. The largest absolute Gasteiger partial charge is 0.308 e. The third-order valence-corrected chi connectivity index (χ3v) is 10.7. The highest BCUT2D eigenvalue weighted by Gasteiger charge is 2.28. The molecule has 0 radical (unpaired) electrons. The first-order valence-electron chi connectivity index (χ1n) is 16.8. The van der Waals surface area contributed by atoms with Gasteiger partial charge in [-0.25, -0.2) is 4.98 Å². The van der Waals surface area contributed by atoms with Gasteiger partial charge in [0.1, 0.15) is 5.65 Å². The van der Waals surface area contributed by atoms with Gasteiger partial charge in [-0.15, -0.1) is 0 Å². The van der Waals surface area contributed by atoms with Crippen molar-refractivity contribution < 1.29 is 0 Å². The maximum atomic E-state index is 5.40. The van der Waals surface area contributed by atoms with Crippen LogP contribution in [0, 0.1) is 0 Å². The summed E-state index contributed by atoms with van der Waals surface area (Å²) in [5.74, 6) is 0. The summed E-state index contributed by atoms with van der Waals surface area (Å²) in [5, 5.41) is 12.5. The highest BCUT2D eigenvalue weighted by molar-refractivity contribution is 6.37. The third-order valence-electron chi connectivity index (χ3n) is 10.7. The predicted molar refractivity (Wildman–Crippen MR) is 206 cm³/mol. The first kappa shape index (κ1) is 25.4. The third kappa shape index (κ3) is 3.07. The topological polar surface area (TPSA) is 24.9 Å². The molecule has 12 aromatic rings. The van der Waals surface area contributed by atoms with E-state index in [1.807, 2.05) is 0 Å². The highest BCUT2D eigenvalue weighted by atomic mass is 15.2. The van der Waals surface area contributed by atoms with Crippen molar-refractivity contribution in [3.8, 4) is 0 Å². The second kappa shape index (κ2) is 9.03. The fourth-order valence-electron chi connectivity index (χ4n) is 8.91. The number of hydrogen-bond donors (Lipinski definition) is 0. The average Bonchev–Trinajstić information content (AvgIpc) is 3.89. The molecule has 0 spiro atoms. The second-order valence-corrected chi connectivity index (χ2v) is 13.2. The van der Waals surface area contributed by atoms with Crippen LogP contribution in [0.2, 0.25) is 0 Å². The van der Waals surface area contributed by atoms with Crippen molar-refractivity contribution in [2.75, 3.05) is 4.90 Å². The van der Waals surface area contributed by atoms with Crippen LogP contribution in [0.5, 0.6) is 0 Å². The Bertz CT molecular complexity index is 3220. The lowest BCUT2D eigenvalue weighted by molar-refractivity contribution is 1.24. The summed E-state index contributed by atoms with van der Waals surface area (Å²) in [5.41, 5.74) is 10.4. The maximum Gasteiger partial charge on any atom is 0.146 e. The van der Waals surface area contributed by atoms with Crippen molar-refractivity contribution in [3.63, 3.8) is 0 Å². The molecule has 0 atom stereocenters. The summed E-state index contributed by atoms with van der Waals surface area (Å²) in [6, 6.07) is 55.0.